The molecule has 0 unspecified atom stereocenters. The molecular weight excluding hydrogens is 365 g/mol. The van der Waals surface area contributed by atoms with Crippen LogP contribution in [0.5, 0.6) is 0 Å². The molecule has 8 heteroatoms. The number of halogens is 2. The number of carboxylic acid groups (broad SMARTS) is 1. The topological polar surface area (TPSA) is 74.7 Å². The molecule has 0 aliphatic carbocycles. The summed E-state index contributed by atoms with van der Waals surface area (Å²) in [5.41, 5.74) is 1.88. The number of fused-ring (bicyclic) bond motifs is 1. The van der Waals surface area contributed by atoms with E-state index < -0.39 is 21.6 Å². The van der Waals surface area contributed by atoms with E-state index in [1.165, 1.54) is 12.1 Å². The third kappa shape index (κ3) is 4.49. The lowest BCUT2D eigenvalue weighted by Gasteiger charge is -2.29. The number of nitrogens with zero attached hydrogens (tertiary/aromatic N) is 1. The second kappa shape index (κ2) is 6.41. The van der Waals surface area contributed by atoms with Crippen molar-refractivity contribution in [1.29, 1.82) is 0 Å². The third-order valence-electron chi connectivity index (χ3n) is 3.39. The normalized spacial score (nSPS) is 15.7. The Morgan fingerprint density at radius 2 is 2.14 bits per heavy atom. The molecule has 1 N–H and O–H groups in total. The summed E-state index contributed by atoms with van der Waals surface area (Å²) in [6, 6.07) is 2.89. The van der Waals surface area contributed by atoms with Gasteiger partial charge in [0.2, 0.25) is 0 Å². The van der Waals surface area contributed by atoms with E-state index >= 15 is 0 Å². The molecule has 0 aromatic heterocycles. The molecule has 1 heterocycles. The maximum atomic E-state index is 13.3. The van der Waals surface area contributed by atoms with Gasteiger partial charge in [0.1, 0.15) is 11.6 Å². The van der Waals surface area contributed by atoms with E-state index in [2.05, 4.69) is 15.9 Å². The second-order valence-corrected chi connectivity index (χ2v) is 8.08. The molecule has 0 fully saturated rings. The van der Waals surface area contributed by atoms with Crippen molar-refractivity contribution in [3.05, 3.63) is 33.5 Å². The van der Waals surface area contributed by atoms with Gasteiger partial charge in [-0.1, -0.05) is 15.9 Å². The van der Waals surface area contributed by atoms with Gasteiger partial charge in [0.15, 0.2) is 9.84 Å². The summed E-state index contributed by atoms with van der Waals surface area (Å²) in [7, 11) is -3.59. The Hall–Kier alpha value is -0.990. The maximum absolute atomic E-state index is 13.3. The van der Waals surface area contributed by atoms with E-state index in [0.29, 0.717) is 24.0 Å². The van der Waals surface area contributed by atoms with Crippen LogP contribution in [-0.4, -0.2) is 49.0 Å². The average molecular weight is 380 g/mol. The standard InChI is InChI=1S/C13H15BrFNO4S/c14-12-6-10(15)5-9-1-2-16(7-11(9)12)3-4-21(19,20)8-13(17)18/h5-6H,1-4,7-8H2,(H,17,18). The van der Waals surface area contributed by atoms with Crippen LogP contribution in [0, 0.1) is 5.82 Å². The number of benzene rings is 1. The Balaban J connectivity index is 2.01. The van der Waals surface area contributed by atoms with Gasteiger partial charge in [-0.15, -0.1) is 0 Å². The van der Waals surface area contributed by atoms with Gasteiger partial charge < -0.3 is 5.11 Å². The lowest BCUT2D eigenvalue weighted by molar-refractivity contribution is -0.134. The molecule has 2 rings (SSSR count). The zero-order chi connectivity index (χ0) is 15.6. The Labute approximate surface area is 130 Å². The molecule has 1 aromatic carbocycles. The summed E-state index contributed by atoms with van der Waals surface area (Å²) in [4.78, 5) is 12.4. The Morgan fingerprint density at radius 3 is 2.81 bits per heavy atom. The number of carboxylic acids is 1. The Bertz CT molecular complexity index is 662. The summed E-state index contributed by atoms with van der Waals surface area (Å²) in [6.45, 7) is 1.43. The van der Waals surface area contributed by atoms with Gasteiger partial charge in [-0.25, -0.2) is 12.8 Å². The van der Waals surface area contributed by atoms with Crippen molar-refractivity contribution in [2.45, 2.75) is 13.0 Å². The molecule has 21 heavy (non-hydrogen) atoms. The predicted molar refractivity (Wildman–Crippen MR) is 79.4 cm³/mol. The van der Waals surface area contributed by atoms with E-state index in [-0.39, 0.29) is 18.1 Å². The van der Waals surface area contributed by atoms with Crippen LogP contribution in [0.25, 0.3) is 0 Å². The van der Waals surface area contributed by atoms with Gasteiger partial charge in [0.05, 0.1) is 5.75 Å². The molecule has 0 amide bonds. The van der Waals surface area contributed by atoms with Crippen LogP contribution < -0.4 is 0 Å². The van der Waals surface area contributed by atoms with Crippen LogP contribution in [-0.2, 0) is 27.6 Å². The quantitative estimate of drug-likeness (QED) is 0.837. The number of hydrogen-bond acceptors (Lipinski definition) is 4. The van der Waals surface area contributed by atoms with Gasteiger partial charge in [-0.3, -0.25) is 9.69 Å². The van der Waals surface area contributed by atoms with Crippen molar-refractivity contribution in [3.8, 4) is 0 Å². The highest BCUT2D eigenvalue weighted by Crippen LogP contribution is 2.27. The Morgan fingerprint density at radius 1 is 1.43 bits per heavy atom. The molecule has 5 nitrogen and oxygen atoms in total. The van der Waals surface area contributed by atoms with Crippen molar-refractivity contribution in [2.24, 2.45) is 0 Å². The fraction of sp³-hybridized carbons (Fsp3) is 0.462. The first-order valence-electron chi connectivity index (χ1n) is 6.38. The van der Waals surface area contributed by atoms with E-state index in [1.807, 2.05) is 4.90 Å². The molecule has 0 saturated heterocycles. The SMILES string of the molecule is O=C(O)CS(=O)(=O)CCN1CCc2cc(F)cc(Br)c2C1. The largest absolute Gasteiger partial charge is 0.480 e. The van der Waals surface area contributed by atoms with Crippen LogP contribution in [0.4, 0.5) is 4.39 Å². The molecule has 116 valence electrons. The number of aliphatic carboxylic acids is 1. The minimum absolute atomic E-state index is 0.187. The van der Waals surface area contributed by atoms with Crippen LogP contribution in [0.1, 0.15) is 11.1 Å². The molecule has 0 spiro atoms. The molecule has 1 aliphatic rings. The van der Waals surface area contributed by atoms with Crippen molar-refractivity contribution in [3.63, 3.8) is 0 Å². The summed E-state index contributed by atoms with van der Waals surface area (Å²) >= 11 is 3.32. The van der Waals surface area contributed by atoms with Gasteiger partial charge in [0.25, 0.3) is 0 Å². The van der Waals surface area contributed by atoms with Crippen LogP contribution in [0.2, 0.25) is 0 Å². The van der Waals surface area contributed by atoms with Crippen molar-refractivity contribution in [1.82, 2.24) is 4.90 Å². The highest BCUT2D eigenvalue weighted by molar-refractivity contribution is 9.10. The van der Waals surface area contributed by atoms with Crippen LogP contribution >= 0.6 is 15.9 Å². The number of hydrogen-bond donors (Lipinski definition) is 1. The number of sulfone groups is 1. The van der Waals surface area contributed by atoms with Gasteiger partial charge >= 0.3 is 5.97 Å². The average Bonchev–Trinajstić information content (AvgIpc) is 2.35. The first-order valence-corrected chi connectivity index (χ1v) is 8.99. The smallest absolute Gasteiger partial charge is 0.318 e. The fourth-order valence-electron chi connectivity index (χ4n) is 2.36. The summed E-state index contributed by atoms with van der Waals surface area (Å²) in [6.07, 6.45) is 0.644. The lowest BCUT2D eigenvalue weighted by Crippen LogP contribution is -2.35. The summed E-state index contributed by atoms with van der Waals surface area (Å²) < 4.78 is 37.1. The predicted octanol–water partition coefficient (Wildman–Crippen LogP) is 1.45. The van der Waals surface area contributed by atoms with Crippen LogP contribution in [0.3, 0.4) is 0 Å². The summed E-state index contributed by atoms with van der Waals surface area (Å²) in [5, 5.41) is 8.54. The molecule has 0 radical (unpaired) electrons. The monoisotopic (exact) mass is 379 g/mol. The molecule has 0 atom stereocenters. The van der Waals surface area contributed by atoms with Gasteiger partial charge in [-0.05, 0) is 29.7 Å². The fourth-order valence-corrected chi connectivity index (χ4v) is 4.01. The van der Waals surface area contributed by atoms with Crippen molar-refractivity contribution >= 4 is 31.7 Å². The molecule has 1 aliphatic heterocycles. The molecule has 0 bridgehead atoms. The van der Waals surface area contributed by atoms with E-state index in [0.717, 1.165) is 11.1 Å². The third-order valence-corrected chi connectivity index (χ3v) is 5.59. The second-order valence-electron chi connectivity index (χ2n) is 5.04. The highest BCUT2D eigenvalue weighted by Gasteiger charge is 2.22. The maximum Gasteiger partial charge on any atom is 0.318 e. The van der Waals surface area contributed by atoms with Gasteiger partial charge in [-0.2, -0.15) is 0 Å². The summed E-state index contributed by atoms with van der Waals surface area (Å²) in [5.74, 6) is -2.66. The molecule has 1 aromatic rings. The minimum atomic E-state index is -3.59. The Kier molecular flexibility index (Phi) is 5.00. The van der Waals surface area contributed by atoms with Crippen molar-refractivity contribution < 1.29 is 22.7 Å². The van der Waals surface area contributed by atoms with E-state index in [9.17, 15) is 17.6 Å². The van der Waals surface area contributed by atoms with Crippen LogP contribution in [0.15, 0.2) is 16.6 Å². The lowest BCUT2D eigenvalue weighted by atomic mass is 10.00. The highest BCUT2D eigenvalue weighted by atomic mass is 79.9. The van der Waals surface area contributed by atoms with E-state index in [4.69, 9.17) is 5.11 Å². The van der Waals surface area contributed by atoms with E-state index in [1.54, 1.807) is 0 Å². The minimum Gasteiger partial charge on any atom is -0.480 e. The zero-order valence-electron chi connectivity index (χ0n) is 11.2. The van der Waals surface area contributed by atoms with Gasteiger partial charge in [0, 0.05) is 24.1 Å². The number of carbonyl (C=O) groups is 1. The van der Waals surface area contributed by atoms with Crippen molar-refractivity contribution in [2.75, 3.05) is 24.6 Å². The number of rotatable bonds is 5. The first kappa shape index (κ1) is 16.4. The molecular formula is C13H15BrFNO4S. The molecule has 0 saturated carbocycles. The first-order chi connectivity index (χ1) is 9.77. The zero-order valence-corrected chi connectivity index (χ0v) is 13.6.